The van der Waals surface area contributed by atoms with Gasteiger partial charge in [0.05, 0.1) is 11.1 Å². The quantitative estimate of drug-likeness (QED) is 0.842. The Hall–Kier alpha value is -0.780. The van der Waals surface area contributed by atoms with Crippen molar-refractivity contribution in [3.05, 3.63) is 33.5 Å². The van der Waals surface area contributed by atoms with Gasteiger partial charge in [-0.15, -0.1) is 5.10 Å². The lowest BCUT2D eigenvalue weighted by molar-refractivity contribution is 0.736. The number of hydrogen-bond acceptors (Lipinski definition) is 5. The van der Waals surface area contributed by atoms with Gasteiger partial charge in [0, 0.05) is 6.04 Å². The van der Waals surface area contributed by atoms with Gasteiger partial charge < -0.3 is 5.73 Å². The van der Waals surface area contributed by atoms with E-state index in [4.69, 9.17) is 5.73 Å². The van der Waals surface area contributed by atoms with Crippen molar-refractivity contribution in [2.75, 3.05) is 0 Å². The highest BCUT2D eigenvalue weighted by molar-refractivity contribution is 7.08. The van der Waals surface area contributed by atoms with Gasteiger partial charge in [-0.05, 0) is 40.3 Å². The topological polar surface area (TPSA) is 51.8 Å². The zero-order chi connectivity index (χ0) is 9.10. The highest BCUT2D eigenvalue weighted by atomic mass is 32.1. The maximum Gasteiger partial charge on any atom is 0.0669 e. The average molecular weight is 211 g/mol. The Morgan fingerprint density at radius 3 is 3.08 bits per heavy atom. The Labute approximate surface area is 84.4 Å². The largest absolute Gasteiger partial charge is 0.323 e. The predicted octanol–water partition coefficient (Wildman–Crippen LogP) is 1.84. The summed E-state index contributed by atoms with van der Waals surface area (Å²) in [5.41, 5.74) is 7.25. The Morgan fingerprint density at radius 1 is 1.54 bits per heavy atom. The molecule has 0 aliphatic heterocycles. The van der Waals surface area contributed by atoms with Crippen molar-refractivity contribution in [3.63, 3.8) is 0 Å². The summed E-state index contributed by atoms with van der Waals surface area (Å²) >= 11 is 3.07. The van der Waals surface area contributed by atoms with Crippen LogP contribution >= 0.6 is 22.9 Å². The molecular formula is C8H9N3S2. The van der Waals surface area contributed by atoms with E-state index in [1.54, 1.807) is 17.5 Å². The molecule has 2 N–H and O–H groups in total. The van der Waals surface area contributed by atoms with Crippen LogP contribution in [-0.4, -0.2) is 9.59 Å². The van der Waals surface area contributed by atoms with E-state index in [2.05, 4.69) is 26.4 Å². The van der Waals surface area contributed by atoms with Crippen molar-refractivity contribution in [1.82, 2.24) is 9.59 Å². The molecule has 1 atom stereocenters. The van der Waals surface area contributed by atoms with Gasteiger partial charge in [0.25, 0.3) is 0 Å². The molecule has 13 heavy (non-hydrogen) atoms. The fourth-order valence-corrected chi connectivity index (χ4v) is 2.28. The highest BCUT2D eigenvalue weighted by Crippen LogP contribution is 2.18. The summed E-state index contributed by atoms with van der Waals surface area (Å²) in [6.07, 6.45) is 2.61. The second-order valence-corrected chi connectivity index (χ2v) is 4.36. The van der Waals surface area contributed by atoms with Crippen LogP contribution in [0.3, 0.4) is 0 Å². The lowest BCUT2D eigenvalue weighted by Gasteiger charge is -2.05. The van der Waals surface area contributed by atoms with Crippen molar-refractivity contribution in [2.45, 2.75) is 12.5 Å². The van der Waals surface area contributed by atoms with Gasteiger partial charge in [0.2, 0.25) is 0 Å². The monoisotopic (exact) mass is 211 g/mol. The van der Waals surface area contributed by atoms with Crippen LogP contribution in [0.1, 0.15) is 16.5 Å². The van der Waals surface area contributed by atoms with Crippen molar-refractivity contribution >= 4 is 22.9 Å². The molecule has 0 saturated carbocycles. The molecule has 0 aromatic carbocycles. The van der Waals surface area contributed by atoms with Crippen molar-refractivity contribution in [2.24, 2.45) is 5.73 Å². The van der Waals surface area contributed by atoms with Gasteiger partial charge >= 0.3 is 0 Å². The van der Waals surface area contributed by atoms with Crippen molar-refractivity contribution < 1.29 is 0 Å². The lowest BCUT2D eigenvalue weighted by atomic mass is 10.1. The molecule has 1 unspecified atom stereocenters. The molecule has 2 rings (SSSR count). The van der Waals surface area contributed by atoms with E-state index >= 15 is 0 Å². The highest BCUT2D eigenvalue weighted by Gasteiger charge is 2.09. The number of nitrogens with zero attached hydrogens (tertiary/aromatic N) is 2. The first kappa shape index (κ1) is 8.80. The van der Waals surface area contributed by atoms with Crippen molar-refractivity contribution in [3.8, 4) is 0 Å². The first-order chi connectivity index (χ1) is 6.36. The average Bonchev–Trinajstić information content (AvgIpc) is 2.74. The first-order valence-electron chi connectivity index (χ1n) is 3.90. The van der Waals surface area contributed by atoms with Gasteiger partial charge in [0.1, 0.15) is 0 Å². The first-order valence-corrected chi connectivity index (χ1v) is 5.62. The standard InChI is InChI=1S/C8H9N3S2/c9-7(8-4-10-11-13-8)3-6-1-2-12-5-6/h1-2,4-5,7H,3,9H2. The molecule has 0 fully saturated rings. The maximum atomic E-state index is 5.97. The third-order valence-electron chi connectivity index (χ3n) is 1.78. The summed E-state index contributed by atoms with van der Waals surface area (Å²) in [4.78, 5) is 1.05. The molecule has 0 bridgehead atoms. The molecular weight excluding hydrogens is 202 g/mol. The third kappa shape index (κ3) is 2.12. The summed E-state index contributed by atoms with van der Waals surface area (Å²) in [6.45, 7) is 0. The molecule has 0 aliphatic rings. The SMILES string of the molecule is NC(Cc1ccsc1)c1cnns1. The zero-order valence-corrected chi connectivity index (χ0v) is 8.52. The van der Waals surface area contributed by atoms with Crippen LogP contribution in [0.5, 0.6) is 0 Å². The third-order valence-corrected chi connectivity index (χ3v) is 3.31. The fraction of sp³-hybridized carbons (Fsp3) is 0.250. The number of aromatic nitrogens is 2. The van der Waals surface area contributed by atoms with Crippen LogP contribution in [0.15, 0.2) is 23.0 Å². The molecule has 0 aliphatic carbocycles. The normalized spacial score (nSPS) is 13.0. The number of nitrogens with two attached hydrogens (primary N) is 1. The smallest absolute Gasteiger partial charge is 0.0669 e. The van der Waals surface area contributed by atoms with E-state index < -0.39 is 0 Å². The molecule has 0 saturated heterocycles. The second-order valence-electron chi connectivity index (χ2n) is 2.76. The van der Waals surface area contributed by atoms with E-state index in [-0.39, 0.29) is 6.04 Å². The molecule has 0 radical (unpaired) electrons. The minimum Gasteiger partial charge on any atom is -0.323 e. The van der Waals surface area contributed by atoms with E-state index in [0.717, 1.165) is 11.3 Å². The molecule has 3 nitrogen and oxygen atoms in total. The van der Waals surface area contributed by atoms with E-state index in [9.17, 15) is 0 Å². The molecule has 2 aromatic rings. The van der Waals surface area contributed by atoms with Gasteiger partial charge in [-0.3, -0.25) is 0 Å². The van der Waals surface area contributed by atoms with Gasteiger partial charge in [-0.1, -0.05) is 4.49 Å². The summed E-state index contributed by atoms with van der Waals surface area (Å²) in [5.74, 6) is 0. The minimum atomic E-state index is 0.0367. The molecule has 0 spiro atoms. The second kappa shape index (κ2) is 3.95. The van der Waals surface area contributed by atoms with Crippen LogP contribution in [0.4, 0.5) is 0 Å². The van der Waals surface area contributed by atoms with Crippen LogP contribution in [0.2, 0.25) is 0 Å². The summed E-state index contributed by atoms with van der Waals surface area (Å²) in [5, 5.41) is 7.95. The Bertz CT molecular complexity index is 341. The van der Waals surface area contributed by atoms with E-state index in [1.807, 2.05) is 0 Å². The number of hydrogen-bond donors (Lipinski definition) is 1. The maximum absolute atomic E-state index is 5.97. The lowest BCUT2D eigenvalue weighted by Crippen LogP contribution is -2.11. The number of thiophene rings is 1. The molecule has 0 amide bonds. The summed E-state index contributed by atoms with van der Waals surface area (Å²) < 4.78 is 3.79. The zero-order valence-electron chi connectivity index (χ0n) is 6.88. The van der Waals surface area contributed by atoms with Crippen molar-refractivity contribution in [1.29, 1.82) is 0 Å². The molecule has 5 heteroatoms. The molecule has 2 heterocycles. The van der Waals surface area contributed by atoms with Gasteiger partial charge in [-0.2, -0.15) is 11.3 Å². The fourth-order valence-electron chi connectivity index (χ4n) is 1.10. The van der Waals surface area contributed by atoms with E-state index in [0.29, 0.717) is 0 Å². The van der Waals surface area contributed by atoms with Crippen LogP contribution in [0.25, 0.3) is 0 Å². The van der Waals surface area contributed by atoms with E-state index in [1.165, 1.54) is 17.1 Å². The number of rotatable bonds is 3. The summed E-state index contributed by atoms with van der Waals surface area (Å²) in [7, 11) is 0. The Kier molecular flexibility index (Phi) is 2.68. The van der Waals surface area contributed by atoms with Gasteiger partial charge in [0.15, 0.2) is 0 Å². The molecule has 2 aromatic heterocycles. The predicted molar refractivity (Wildman–Crippen MR) is 54.9 cm³/mol. The van der Waals surface area contributed by atoms with Gasteiger partial charge in [-0.25, -0.2) is 0 Å². The van der Waals surface area contributed by atoms with Crippen LogP contribution in [-0.2, 0) is 6.42 Å². The Balaban J connectivity index is 2.04. The Morgan fingerprint density at radius 2 is 2.46 bits per heavy atom. The van der Waals surface area contributed by atoms with Crippen LogP contribution in [0, 0.1) is 0 Å². The summed E-state index contributed by atoms with van der Waals surface area (Å²) in [6, 6.07) is 2.13. The minimum absolute atomic E-state index is 0.0367. The molecule has 68 valence electrons. The van der Waals surface area contributed by atoms with Crippen LogP contribution < -0.4 is 5.73 Å².